The van der Waals surface area contributed by atoms with Gasteiger partial charge in [0.25, 0.3) is 0 Å². The van der Waals surface area contributed by atoms with E-state index in [-0.39, 0.29) is 11.2 Å². The highest BCUT2D eigenvalue weighted by atomic mass is 35.5. The Labute approximate surface area is 202 Å². The molecule has 170 valence electrons. The van der Waals surface area contributed by atoms with Crippen LogP contribution in [-0.4, -0.2) is 36.7 Å². The van der Waals surface area contributed by atoms with E-state index in [1.165, 1.54) is 15.9 Å². The summed E-state index contributed by atoms with van der Waals surface area (Å²) in [6, 6.07) is 13.8. The third-order valence-electron chi connectivity index (χ3n) is 5.13. The number of hydrogen-bond acceptors (Lipinski definition) is 6. The number of halogens is 1. The number of benzene rings is 2. The fraction of sp³-hybridized carbons (Fsp3) is 0.0870. The number of urea groups is 1. The number of fused-ring (bicyclic) bond motifs is 2. The number of carbonyl (C=O) groups is 2. The number of aromatic carboxylic acids is 1. The van der Waals surface area contributed by atoms with E-state index < -0.39 is 12.0 Å². The smallest absolute Gasteiger partial charge is 0.341 e. The molecule has 5 aromatic rings. The van der Waals surface area contributed by atoms with Crippen molar-refractivity contribution in [3.05, 3.63) is 71.0 Å². The van der Waals surface area contributed by atoms with E-state index >= 15 is 0 Å². The number of carbonyl (C=O) groups excluding carboxylic acids is 1. The first-order chi connectivity index (χ1) is 16.4. The lowest BCUT2D eigenvalue weighted by molar-refractivity contribution is 0.0697. The zero-order valence-corrected chi connectivity index (χ0v) is 19.3. The molecule has 3 heterocycles. The van der Waals surface area contributed by atoms with Crippen LogP contribution < -0.4 is 10.6 Å². The standard InChI is InChI=1S/C23H17ClN6O3S/c1-2-15-19(21(31)32)20-25-9-8-17(30(20)29-15)12-4-3-5-14(10-12)26-22(33)28-23-27-16-7-6-13(24)11-18(16)34-23/h3-11H,2H2,1H3,(H,31,32)(H2,26,27,28,33). The second-order valence-corrected chi connectivity index (χ2v) is 8.80. The molecular formula is C23H17ClN6O3S. The fourth-order valence-corrected chi connectivity index (χ4v) is 4.78. The molecule has 0 aliphatic heterocycles. The molecule has 2 amide bonds. The lowest BCUT2D eigenvalue weighted by Gasteiger charge is -2.09. The van der Waals surface area contributed by atoms with Crippen LogP contribution in [0.4, 0.5) is 15.6 Å². The molecule has 5 rings (SSSR count). The van der Waals surface area contributed by atoms with Crippen molar-refractivity contribution in [2.24, 2.45) is 0 Å². The number of carboxylic acid groups (broad SMARTS) is 1. The molecule has 0 bridgehead atoms. The van der Waals surface area contributed by atoms with Crippen molar-refractivity contribution >= 4 is 61.6 Å². The van der Waals surface area contributed by atoms with Crippen molar-refractivity contribution in [1.82, 2.24) is 19.6 Å². The summed E-state index contributed by atoms with van der Waals surface area (Å²) in [6.45, 7) is 1.84. The van der Waals surface area contributed by atoms with Gasteiger partial charge in [0, 0.05) is 22.5 Å². The number of nitrogens with zero attached hydrogens (tertiary/aromatic N) is 4. The average molecular weight is 493 g/mol. The predicted molar refractivity (Wildman–Crippen MR) is 132 cm³/mol. The minimum Gasteiger partial charge on any atom is -0.477 e. The lowest BCUT2D eigenvalue weighted by atomic mass is 10.1. The van der Waals surface area contributed by atoms with Crippen LogP contribution in [0.15, 0.2) is 54.7 Å². The zero-order valence-electron chi connectivity index (χ0n) is 17.7. The summed E-state index contributed by atoms with van der Waals surface area (Å²) in [6.07, 6.45) is 2.01. The summed E-state index contributed by atoms with van der Waals surface area (Å²) in [7, 11) is 0. The van der Waals surface area contributed by atoms with Crippen molar-refractivity contribution in [2.45, 2.75) is 13.3 Å². The van der Waals surface area contributed by atoms with Crippen molar-refractivity contribution in [3.63, 3.8) is 0 Å². The predicted octanol–water partition coefficient (Wildman–Crippen LogP) is 5.56. The van der Waals surface area contributed by atoms with Crippen LogP contribution >= 0.6 is 22.9 Å². The van der Waals surface area contributed by atoms with E-state index in [1.807, 2.05) is 13.0 Å². The maximum atomic E-state index is 12.6. The topological polar surface area (TPSA) is 122 Å². The number of anilines is 2. The van der Waals surface area contributed by atoms with Crippen LogP contribution in [0.5, 0.6) is 0 Å². The van der Waals surface area contributed by atoms with Gasteiger partial charge in [-0.15, -0.1) is 0 Å². The Morgan fingerprint density at radius 1 is 1.15 bits per heavy atom. The van der Waals surface area contributed by atoms with Gasteiger partial charge >= 0.3 is 12.0 Å². The van der Waals surface area contributed by atoms with Crippen molar-refractivity contribution in [2.75, 3.05) is 10.6 Å². The molecule has 0 radical (unpaired) electrons. The second kappa shape index (κ2) is 8.73. The molecule has 0 aliphatic carbocycles. The molecule has 34 heavy (non-hydrogen) atoms. The van der Waals surface area contributed by atoms with Gasteiger partial charge < -0.3 is 10.4 Å². The molecule has 3 aromatic heterocycles. The van der Waals surface area contributed by atoms with E-state index in [2.05, 4.69) is 25.7 Å². The van der Waals surface area contributed by atoms with Crippen molar-refractivity contribution < 1.29 is 14.7 Å². The second-order valence-electron chi connectivity index (χ2n) is 7.34. The Bertz CT molecular complexity index is 1580. The molecule has 2 aromatic carbocycles. The van der Waals surface area contributed by atoms with Crippen LogP contribution in [0.1, 0.15) is 23.0 Å². The van der Waals surface area contributed by atoms with E-state index in [1.54, 1.807) is 48.7 Å². The monoisotopic (exact) mass is 492 g/mol. The van der Waals surface area contributed by atoms with Gasteiger partial charge in [0.05, 0.1) is 21.6 Å². The SMILES string of the molecule is CCc1nn2c(-c3cccc(NC(=O)Nc4nc5ccc(Cl)cc5s4)c3)ccnc2c1C(=O)O. The number of thiazole rings is 1. The highest BCUT2D eigenvalue weighted by Gasteiger charge is 2.21. The van der Waals surface area contributed by atoms with E-state index in [4.69, 9.17) is 11.6 Å². The maximum Gasteiger partial charge on any atom is 0.341 e. The van der Waals surface area contributed by atoms with Gasteiger partial charge in [0.1, 0.15) is 5.56 Å². The van der Waals surface area contributed by atoms with Crippen LogP contribution in [0.25, 0.3) is 27.1 Å². The third-order valence-corrected chi connectivity index (χ3v) is 6.30. The zero-order chi connectivity index (χ0) is 23.8. The first-order valence-corrected chi connectivity index (χ1v) is 11.5. The van der Waals surface area contributed by atoms with Gasteiger partial charge in [-0.1, -0.05) is 42.0 Å². The molecule has 0 saturated carbocycles. The van der Waals surface area contributed by atoms with Crippen molar-refractivity contribution in [1.29, 1.82) is 0 Å². The number of aromatic nitrogens is 4. The number of hydrogen-bond donors (Lipinski definition) is 3. The molecule has 0 fully saturated rings. The molecule has 9 nitrogen and oxygen atoms in total. The molecule has 0 spiro atoms. The Hall–Kier alpha value is -4.02. The molecule has 11 heteroatoms. The van der Waals surface area contributed by atoms with Gasteiger partial charge in [-0.3, -0.25) is 5.32 Å². The molecule has 0 unspecified atom stereocenters. The van der Waals surface area contributed by atoms with Gasteiger partial charge in [0.15, 0.2) is 10.8 Å². The lowest BCUT2D eigenvalue weighted by Crippen LogP contribution is -2.19. The highest BCUT2D eigenvalue weighted by Crippen LogP contribution is 2.29. The third kappa shape index (κ3) is 4.04. The van der Waals surface area contributed by atoms with Crippen molar-refractivity contribution in [3.8, 4) is 11.3 Å². The highest BCUT2D eigenvalue weighted by molar-refractivity contribution is 7.22. The summed E-state index contributed by atoms with van der Waals surface area (Å²) in [4.78, 5) is 32.9. The van der Waals surface area contributed by atoms with E-state index in [0.29, 0.717) is 33.7 Å². The van der Waals surface area contributed by atoms with Gasteiger partial charge in [-0.2, -0.15) is 5.10 Å². The first-order valence-electron chi connectivity index (χ1n) is 10.3. The minimum absolute atomic E-state index is 0.0927. The number of carboxylic acids is 1. The summed E-state index contributed by atoms with van der Waals surface area (Å²) in [5, 5.41) is 20.7. The quantitative estimate of drug-likeness (QED) is 0.295. The van der Waals surface area contributed by atoms with Crippen LogP contribution in [0, 0.1) is 0 Å². The van der Waals surface area contributed by atoms with Crippen LogP contribution in [0.3, 0.4) is 0 Å². The molecule has 0 saturated heterocycles. The van der Waals surface area contributed by atoms with Crippen LogP contribution in [-0.2, 0) is 6.42 Å². The van der Waals surface area contributed by atoms with Crippen LogP contribution in [0.2, 0.25) is 5.02 Å². The Kier molecular flexibility index (Phi) is 5.60. The number of aryl methyl sites for hydroxylation is 1. The number of rotatable bonds is 5. The normalized spacial score (nSPS) is 11.1. The summed E-state index contributed by atoms with van der Waals surface area (Å²) >= 11 is 7.34. The van der Waals surface area contributed by atoms with Gasteiger partial charge in [-0.05, 0) is 42.8 Å². The Balaban J connectivity index is 1.42. The van der Waals surface area contributed by atoms with Gasteiger partial charge in [-0.25, -0.2) is 24.1 Å². The number of nitrogens with one attached hydrogen (secondary N) is 2. The molecule has 3 N–H and O–H groups in total. The minimum atomic E-state index is -1.07. The summed E-state index contributed by atoms with van der Waals surface area (Å²) in [5.41, 5.74) is 3.51. The molecule has 0 aliphatic rings. The molecular weight excluding hydrogens is 476 g/mol. The summed E-state index contributed by atoms with van der Waals surface area (Å²) in [5.74, 6) is -1.07. The van der Waals surface area contributed by atoms with E-state index in [0.717, 1.165) is 15.8 Å². The first kappa shape index (κ1) is 21.8. The Morgan fingerprint density at radius 2 is 2.00 bits per heavy atom. The van der Waals surface area contributed by atoms with E-state index in [9.17, 15) is 14.7 Å². The maximum absolute atomic E-state index is 12.6. The van der Waals surface area contributed by atoms with Gasteiger partial charge in [0.2, 0.25) is 0 Å². The fourth-order valence-electron chi connectivity index (χ4n) is 3.64. The number of amides is 2. The largest absolute Gasteiger partial charge is 0.477 e. The Morgan fingerprint density at radius 3 is 2.79 bits per heavy atom. The molecule has 0 atom stereocenters. The average Bonchev–Trinajstić information content (AvgIpc) is 3.38. The summed E-state index contributed by atoms with van der Waals surface area (Å²) < 4.78 is 2.39.